The third-order valence-electron chi connectivity index (χ3n) is 2.34. The molecule has 98 valence electrons. The maximum absolute atomic E-state index is 10.9. The number of aliphatic carboxylic acids is 1. The van der Waals surface area contributed by atoms with Crippen molar-refractivity contribution >= 4 is 23.6 Å². The molecule has 1 amide bonds. The van der Waals surface area contributed by atoms with Gasteiger partial charge in [-0.3, -0.25) is 4.79 Å². The van der Waals surface area contributed by atoms with Crippen LogP contribution in [0.25, 0.3) is 0 Å². The fourth-order valence-corrected chi connectivity index (χ4v) is 2.46. The van der Waals surface area contributed by atoms with E-state index in [1.54, 1.807) is 0 Å². The highest BCUT2D eigenvalue weighted by Gasteiger charge is 2.17. The fraction of sp³-hybridized carbons (Fsp3) is 0.385. The van der Waals surface area contributed by atoms with E-state index in [9.17, 15) is 9.59 Å². The minimum absolute atomic E-state index is 0.314. The second kappa shape index (κ2) is 7.76. The van der Waals surface area contributed by atoms with E-state index in [1.807, 2.05) is 30.3 Å². The summed E-state index contributed by atoms with van der Waals surface area (Å²) in [5.41, 5.74) is 1.23. The number of hydrogen-bond acceptors (Lipinski definition) is 3. The quantitative estimate of drug-likeness (QED) is 0.736. The van der Waals surface area contributed by atoms with Crippen molar-refractivity contribution < 1.29 is 14.7 Å². The third kappa shape index (κ3) is 5.72. The van der Waals surface area contributed by atoms with Crippen molar-refractivity contribution in [1.29, 1.82) is 0 Å². The van der Waals surface area contributed by atoms with Crippen molar-refractivity contribution in [3.8, 4) is 0 Å². The van der Waals surface area contributed by atoms with Gasteiger partial charge in [-0.05, 0) is 17.7 Å². The lowest BCUT2D eigenvalue weighted by atomic mass is 10.2. The van der Waals surface area contributed by atoms with Crippen LogP contribution in [-0.4, -0.2) is 34.5 Å². The molecule has 0 bridgehead atoms. The molecule has 0 aliphatic carbocycles. The predicted molar refractivity (Wildman–Crippen MR) is 72.7 cm³/mol. The van der Waals surface area contributed by atoms with Crippen molar-refractivity contribution in [1.82, 2.24) is 5.32 Å². The standard InChI is InChI=1S/C13H17NO3S/c1-10(15)14-12(13(16)17)9-18-8-7-11-5-3-2-4-6-11/h2-6,12H,7-9H2,1H3,(H,14,15)(H,16,17). The van der Waals surface area contributed by atoms with E-state index in [-0.39, 0.29) is 5.91 Å². The Morgan fingerprint density at radius 2 is 2.00 bits per heavy atom. The molecule has 0 aliphatic heterocycles. The minimum atomic E-state index is -0.989. The van der Waals surface area contributed by atoms with Crippen LogP contribution in [0.3, 0.4) is 0 Å². The number of carboxylic acid groups (broad SMARTS) is 1. The molecule has 1 aromatic rings. The maximum atomic E-state index is 10.9. The Kier molecular flexibility index (Phi) is 6.28. The van der Waals surface area contributed by atoms with Gasteiger partial charge >= 0.3 is 5.97 Å². The van der Waals surface area contributed by atoms with Gasteiger partial charge in [-0.2, -0.15) is 11.8 Å². The highest BCUT2D eigenvalue weighted by molar-refractivity contribution is 7.99. The minimum Gasteiger partial charge on any atom is -0.480 e. The predicted octanol–water partition coefficient (Wildman–Crippen LogP) is 1.55. The Balaban J connectivity index is 2.27. The van der Waals surface area contributed by atoms with Crippen LogP contribution in [0, 0.1) is 0 Å². The Bertz CT molecular complexity index is 394. The molecule has 2 N–H and O–H groups in total. The number of nitrogens with one attached hydrogen (secondary N) is 1. The molecule has 18 heavy (non-hydrogen) atoms. The molecule has 1 aromatic carbocycles. The highest BCUT2D eigenvalue weighted by atomic mass is 32.2. The van der Waals surface area contributed by atoms with E-state index in [4.69, 9.17) is 5.11 Å². The van der Waals surface area contributed by atoms with E-state index in [2.05, 4.69) is 5.32 Å². The van der Waals surface area contributed by atoms with E-state index in [0.717, 1.165) is 12.2 Å². The van der Waals surface area contributed by atoms with E-state index in [0.29, 0.717) is 5.75 Å². The van der Waals surface area contributed by atoms with Gasteiger partial charge in [0.2, 0.25) is 5.91 Å². The molecule has 0 heterocycles. The van der Waals surface area contributed by atoms with E-state index in [1.165, 1.54) is 24.2 Å². The molecule has 0 saturated carbocycles. The molecule has 0 fully saturated rings. The smallest absolute Gasteiger partial charge is 0.327 e. The van der Waals surface area contributed by atoms with Crippen molar-refractivity contribution in [2.24, 2.45) is 0 Å². The van der Waals surface area contributed by atoms with Crippen LogP contribution in [0.4, 0.5) is 0 Å². The van der Waals surface area contributed by atoms with Crippen LogP contribution < -0.4 is 5.32 Å². The zero-order chi connectivity index (χ0) is 13.4. The van der Waals surface area contributed by atoms with Crippen LogP contribution in [0.2, 0.25) is 0 Å². The lowest BCUT2D eigenvalue weighted by Crippen LogP contribution is -2.41. The second-order valence-electron chi connectivity index (χ2n) is 3.90. The first-order chi connectivity index (χ1) is 8.59. The Labute approximate surface area is 111 Å². The largest absolute Gasteiger partial charge is 0.480 e. The fourth-order valence-electron chi connectivity index (χ4n) is 1.46. The summed E-state index contributed by atoms with van der Waals surface area (Å²) >= 11 is 1.53. The van der Waals surface area contributed by atoms with Gasteiger partial charge in [-0.15, -0.1) is 0 Å². The number of rotatable bonds is 7. The third-order valence-corrected chi connectivity index (χ3v) is 3.40. The molecule has 0 saturated heterocycles. The lowest BCUT2D eigenvalue weighted by Gasteiger charge is -2.12. The van der Waals surface area contributed by atoms with E-state index < -0.39 is 12.0 Å². The molecular weight excluding hydrogens is 250 g/mol. The summed E-state index contributed by atoms with van der Waals surface area (Å²) in [5, 5.41) is 11.3. The number of hydrogen-bond donors (Lipinski definition) is 2. The van der Waals surface area contributed by atoms with Gasteiger partial charge in [0.25, 0.3) is 0 Å². The molecule has 0 spiro atoms. The molecule has 0 aromatic heterocycles. The van der Waals surface area contributed by atoms with Crippen molar-refractivity contribution in [2.75, 3.05) is 11.5 Å². The number of benzene rings is 1. The normalized spacial score (nSPS) is 11.8. The molecule has 4 nitrogen and oxygen atoms in total. The average Bonchev–Trinajstić information content (AvgIpc) is 2.33. The molecule has 1 rings (SSSR count). The van der Waals surface area contributed by atoms with E-state index >= 15 is 0 Å². The summed E-state index contributed by atoms with van der Waals surface area (Å²) in [4.78, 5) is 21.7. The first-order valence-corrected chi connectivity index (χ1v) is 6.86. The lowest BCUT2D eigenvalue weighted by molar-refractivity contribution is -0.140. The van der Waals surface area contributed by atoms with Gasteiger partial charge in [0.05, 0.1) is 0 Å². The number of thioether (sulfide) groups is 1. The zero-order valence-electron chi connectivity index (χ0n) is 10.3. The molecule has 1 unspecified atom stereocenters. The summed E-state index contributed by atoms with van der Waals surface area (Å²) in [6.45, 7) is 1.32. The van der Waals surface area contributed by atoms with Gasteiger partial charge < -0.3 is 10.4 Å². The van der Waals surface area contributed by atoms with Crippen molar-refractivity contribution in [3.63, 3.8) is 0 Å². The molecule has 0 radical (unpaired) electrons. The number of carboxylic acids is 1. The monoisotopic (exact) mass is 267 g/mol. The van der Waals surface area contributed by atoms with Gasteiger partial charge in [0.15, 0.2) is 0 Å². The SMILES string of the molecule is CC(=O)NC(CSCCc1ccccc1)C(=O)O. The topological polar surface area (TPSA) is 66.4 Å². The summed E-state index contributed by atoms with van der Waals surface area (Å²) in [6.07, 6.45) is 0.901. The number of carbonyl (C=O) groups is 2. The molecular formula is C13H17NO3S. The molecule has 5 heteroatoms. The number of aryl methyl sites for hydroxylation is 1. The van der Waals surface area contributed by atoms with Gasteiger partial charge in [0, 0.05) is 12.7 Å². The summed E-state index contributed by atoms with van der Waals surface area (Å²) in [7, 11) is 0. The zero-order valence-corrected chi connectivity index (χ0v) is 11.1. The average molecular weight is 267 g/mol. The van der Waals surface area contributed by atoms with Gasteiger partial charge in [0.1, 0.15) is 6.04 Å². The van der Waals surface area contributed by atoms with Crippen molar-refractivity contribution in [2.45, 2.75) is 19.4 Å². The van der Waals surface area contributed by atoms with Crippen LogP contribution in [0.5, 0.6) is 0 Å². The number of carbonyl (C=O) groups excluding carboxylic acids is 1. The highest BCUT2D eigenvalue weighted by Crippen LogP contribution is 2.08. The van der Waals surface area contributed by atoms with Crippen molar-refractivity contribution in [3.05, 3.63) is 35.9 Å². The summed E-state index contributed by atoms with van der Waals surface area (Å²) < 4.78 is 0. The van der Waals surface area contributed by atoms with Crippen LogP contribution in [-0.2, 0) is 16.0 Å². The Morgan fingerprint density at radius 1 is 1.33 bits per heavy atom. The first-order valence-electron chi connectivity index (χ1n) is 5.71. The Hall–Kier alpha value is -1.49. The number of amides is 1. The van der Waals surface area contributed by atoms with Crippen LogP contribution >= 0.6 is 11.8 Å². The maximum Gasteiger partial charge on any atom is 0.327 e. The Morgan fingerprint density at radius 3 is 2.56 bits per heavy atom. The summed E-state index contributed by atoms with van der Waals surface area (Å²) in [5.74, 6) is -0.0711. The van der Waals surface area contributed by atoms with Crippen LogP contribution in [0.15, 0.2) is 30.3 Å². The van der Waals surface area contributed by atoms with Gasteiger partial charge in [-0.25, -0.2) is 4.79 Å². The van der Waals surface area contributed by atoms with Crippen LogP contribution in [0.1, 0.15) is 12.5 Å². The van der Waals surface area contributed by atoms with Gasteiger partial charge in [-0.1, -0.05) is 30.3 Å². The first kappa shape index (κ1) is 14.6. The molecule has 1 atom stereocenters. The summed E-state index contributed by atoms with van der Waals surface area (Å²) in [6, 6.07) is 9.22. The second-order valence-corrected chi connectivity index (χ2v) is 5.05. The molecule has 0 aliphatic rings.